The molecule has 1 fully saturated rings. The standard InChI is InChI=1S/C18H29N3O3.2C2HF3O2/c19-17(18(24)21-7-1-2-8-21)13-15-3-5-16(6-4-15)14-20(9-11-22)10-12-23;2*3-2(4,5)1(6)7/h3-6,17,22-23H,1-2,7-14,19H2;2*(H,6,7). The van der Waals surface area contributed by atoms with Crippen LogP contribution >= 0.6 is 0 Å². The van der Waals surface area contributed by atoms with Gasteiger partial charge in [0.05, 0.1) is 19.3 Å². The molecular weight excluding hydrogens is 532 g/mol. The van der Waals surface area contributed by atoms with E-state index in [-0.39, 0.29) is 19.1 Å². The van der Waals surface area contributed by atoms with E-state index in [0.717, 1.165) is 37.1 Å². The number of carbonyl (C=O) groups is 3. The zero-order chi connectivity index (χ0) is 29.5. The number of carboxylic acid groups (broad SMARTS) is 2. The number of nitrogens with zero attached hydrogens (tertiary/aromatic N) is 2. The number of likely N-dealkylation sites (tertiary alicyclic amines) is 1. The van der Waals surface area contributed by atoms with Gasteiger partial charge in [-0.3, -0.25) is 9.69 Å². The fourth-order valence-corrected chi connectivity index (χ4v) is 3.10. The van der Waals surface area contributed by atoms with Crippen molar-refractivity contribution in [2.45, 2.75) is 44.2 Å². The molecular formula is C22H31F6N3O7. The lowest BCUT2D eigenvalue weighted by molar-refractivity contribution is -0.193. The van der Waals surface area contributed by atoms with Gasteiger partial charge >= 0.3 is 24.3 Å². The molecule has 1 atom stereocenters. The number of alkyl halides is 6. The average Bonchev–Trinajstić information content (AvgIpc) is 3.35. The number of hydrogen-bond donors (Lipinski definition) is 5. The van der Waals surface area contributed by atoms with Gasteiger partial charge in [0.15, 0.2) is 0 Å². The average molecular weight is 563 g/mol. The highest BCUT2D eigenvalue weighted by atomic mass is 19.4. The first kappa shape index (κ1) is 35.0. The number of nitrogens with two attached hydrogens (primary N) is 1. The van der Waals surface area contributed by atoms with E-state index in [0.29, 0.717) is 26.1 Å². The SMILES string of the molecule is NC(Cc1ccc(CN(CCO)CCO)cc1)C(=O)N1CCCC1.O=C(O)C(F)(F)F.O=C(O)C(F)(F)F. The van der Waals surface area contributed by atoms with Crippen LogP contribution in [-0.4, -0.2) is 106 Å². The monoisotopic (exact) mass is 563 g/mol. The number of carboxylic acids is 2. The fourth-order valence-electron chi connectivity index (χ4n) is 3.10. The lowest BCUT2D eigenvalue weighted by Crippen LogP contribution is -2.43. The first-order chi connectivity index (χ1) is 17.5. The van der Waals surface area contributed by atoms with Gasteiger partial charge in [0, 0.05) is 32.7 Å². The summed E-state index contributed by atoms with van der Waals surface area (Å²) in [5.74, 6) is -5.46. The van der Waals surface area contributed by atoms with Crippen molar-refractivity contribution in [1.29, 1.82) is 0 Å². The topological polar surface area (TPSA) is 165 Å². The quantitative estimate of drug-likeness (QED) is 0.278. The minimum atomic E-state index is -5.08. The summed E-state index contributed by atoms with van der Waals surface area (Å²) in [7, 11) is 0. The number of benzene rings is 1. The Bertz CT molecular complexity index is 830. The molecule has 10 nitrogen and oxygen atoms in total. The van der Waals surface area contributed by atoms with Gasteiger partial charge in [-0.15, -0.1) is 0 Å². The molecule has 1 aliphatic rings. The summed E-state index contributed by atoms with van der Waals surface area (Å²) in [5, 5.41) is 32.4. The van der Waals surface area contributed by atoms with Crippen LogP contribution in [0.4, 0.5) is 26.3 Å². The van der Waals surface area contributed by atoms with Gasteiger partial charge in [-0.2, -0.15) is 26.3 Å². The minimum absolute atomic E-state index is 0.0497. The molecule has 1 aromatic rings. The number of aliphatic hydroxyl groups excluding tert-OH is 2. The molecule has 6 N–H and O–H groups in total. The lowest BCUT2D eigenvalue weighted by atomic mass is 10.0. The van der Waals surface area contributed by atoms with Crippen LogP contribution in [0.25, 0.3) is 0 Å². The highest BCUT2D eigenvalue weighted by molar-refractivity contribution is 5.82. The second kappa shape index (κ2) is 16.8. The van der Waals surface area contributed by atoms with E-state index < -0.39 is 30.3 Å². The smallest absolute Gasteiger partial charge is 0.475 e. The number of hydrogen-bond acceptors (Lipinski definition) is 7. The molecule has 0 saturated carbocycles. The summed E-state index contributed by atoms with van der Waals surface area (Å²) in [5.41, 5.74) is 8.23. The molecule has 1 aliphatic heterocycles. The third-order valence-electron chi connectivity index (χ3n) is 4.94. The molecule has 1 unspecified atom stereocenters. The van der Waals surface area contributed by atoms with Crippen molar-refractivity contribution in [3.05, 3.63) is 35.4 Å². The maximum Gasteiger partial charge on any atom is 0.490 e. The van der Waals surface area contributed by atoms with Crippen LogP contribution in [0.15, 0.2) is 24.3 Å². The number of halogens is 6. The molecule has 0 spiro atoms. The Morgan fingerprint density at radius 1 is 0.842 bits per heavy atom. The summed E-state index contributed by atoms with van der Waals surface area (Å²) >= 11 is 0. The highest BCUT2D eigenvalue weighted by Crippen LogP contribution is 2.14. The Kier molecular flexibility index (Phi) is 15.5. The van der Waals surface area contributed by atoms with Gasteiger partial charge < -0.3 is 31.1 Å². The maximum absolute atomic E-state index is 12.3. The van der Waals surface area contributed by atoms with Crippen LogP contribution in [0.5, 0.6) is 0 Å². The minimum Gasteiger partial charge on any atom is -0.475 e. The predicted molar refractivity (Wildman–Crippen MR) is 121 cm³/mol. The Morgan fingerprint density at radius 2 is 1.21 bits per heavy atom. The zero-order valence-electron chi connectivity index (χ0n) is 20.2. The number of aliphatic carboxylic acids is 2. The normalized spacial score (nSPS) is 14.2. The molecule has 1 heterocycles. The molecule has 0 aliphatic carbocycles. The summed E-state index contributed by atoms with van der Waals surface area (Å²) in [6.07, 6.45) is -7.47. The van der Waals surface area contributed by atoms with Crippen molar-refractivity contribution < 1.29 is 61.2 Å². The van der Waals surface area contributed by atoms with Crippen LogP contribution < -0.4 is 5.73 Å². The lowest BCUT2D eigenvalue weighted by Gasteiger charge is -2.21. The van der Waals surface area contributed by atoms with Gasteiger partial charge in [0.1, 0.15) is 0 Å². The molecule has 1 aromatic carbocycles. The van der Waals surface area contributed by atoms with E-state index in [9.17, 15) is 31.1 Å². The number of amides is 1. The van der Waals surface area contributed by atoms with Crippen molar-refractivity contribution in [1.82, 2.24) is 9.80 Å². The van der Waals surface area contributed by atoms with E-state index in [1.54, 1.807) is 0 Å². The van der Waals surface area contributed by atoms with Gasteiger partial charge in [0.25, 0.3) is 0 Å². The summed E-state index contributed by atoms with van der Waals surface area (Å²) in [6.45, 7) is 3.57. The van der Waals surface area contributed by atoms with Crippen LogP contribution in [-0.2, 0) is 27.3 Å². The van der Waals surface area contributed by atoms with Crippen molar-refractivity contribution in [2.75, 3.05) is 39.4 Å². The van der Waals surface area contributed by atoms with Gasteiger partial charge in [0.2, 0.25) is 5.91 Å². The van der Waals surface area contributed by atoms with E-state index in [1.807, 2.05) is 34.1 Å². The number of carbonyl (C=O) groups excluding carboxylic acids is 1. The fraction of sp³-hybridized carbons (Fsp3) is 0.591. The Labute approximate surface area is 214 Å². The highest BCUT2D eigenvalue weighted by Gasteiger charge is 2.38. The number of aliphatic hydroxyl groups is 2. The Hall–Kier alpha value is -2.95. The van der Waals surface area contributed by atoms with Crippen LogP contribution in [0, 0.1) is 0 Å². The van der Waals surface area contributed by atoms with Crippen molar-refractivity contribution in [2.24, 2.45) is 5.73 Å². The van der Waals surface area contributed by atoms with E-state index >= 15 is 0 Å². The Morgan fingerprint density at radius 3 is 1.55 bits per heavy atom. The van der Waals surface area contributed by atoms with Crippen molar-refractivity contribution in [3.8, 4) is 0 Å². The van der Waals surface area contributed by atoms with Gasteiger partial charge in [-0.1, -0.05) is 24.3 Å². The first-order valence-electron chi connectivity index (χ1n) is 11.2. The molecule has 1 saturated heterocycles. The van der Waals surface area contributed by atoms with E-state index in [2.05, 4.69) is 0 Å². The number of rotatable bonds is 9. The van der Waals surface area contributed by atoms with E-state index in [4.69, 9.17) is 35.7 Å². The molecule has 0 aromatic heterocycles. The molecule has 2 rings (SSSR count). The summed E-state index contributed by atoms with van der Waals surface area (Å²) in [4.78, 5) is 33.9. The van der Waals surface area contributed by atoms with Gasteiger partial charge in [-0.25, -0.2) is 9.59 Å². The van der Waals surface area contributed by atoms with Crippen LogP contribution in [0.3, 0.4) is 0 Å². The predicted octanol–water partition coefficient (Wildman–Crippen LogP) is 1.23. The van der Waals surface area contributed by atoms with Crippen LogP contribution in [0.1, 0.15) is 24.0 Å². The zero-order valence-corrected chi connectivity index (χ0v) is 20.2. The summed E-state index contributed by atoms with van der Waals surface area (Å²) < 4.78 is 63.5. The van der Waals surface area contributed by atoms with E-state index in [1.165, 1.54) is 0 Å². The first-order valence-corrected chi connectivity index (χ1v) is 11.2. The molecule has 218 valence electrons. The summed E-state index contributed by atoms with van der Waals surface area (Å²) in [6, 6.07) is 7.56. The molecule has 38 heavy (non-hydrogen) atoms. The third kappa shape index (κ3) is 14.7. The molecule has 16 heteroatoms. The maximum atomic E-state index is 12.3. The van der Waals surface area contributed by atoms with Gasteiger partial charge in [-0.05, 0) is 30.4 Å². The molecule has 0 radical (unpaired) electrons. The second-order valence-electron chi connectivity index (χ2n) is 7.99. The largest absolute Gasteiger partial charge is 0.490 e. The third-order valence-corrected chi connectivity index (χ3v) is 4.94. The Balaban J connectivity index is 0.000000804. The molecule has 0 bridgehead atoms. The van der Waals surface area contributed by atoms with Crippen LogP contribution in [0.2, 0.25) is 0 Å². The van der Waals surface area contributed by atoms with Crippen molar-refractivity contribution in [3.63, 3.8) is 0 Å². The van der Waals surface area contributed by atoms with Crippen molar-refractivity contribution >= 4 is 17.8 Å². The second-order valence-corrected chi connectivity index (χ2v) is 7.99. The molecule has 1 amide bonds.